The lowest BCUT2D eigenvalue weighted by Gasteiger charge is -2.48. The summed E-state index contributed by atoms with van der Waals surface area (Å²) in [5, 5.41) is 18.7. The molecule has 0 aliphatic carbocycles. The summed E-state index contributed by atoms with van der Waals surface area (Å²) in [5.74, 6) is 0. The van der Waals surface area contributed by atoms with E-state index in [0.29, 0.717) is 0 Å². The SMILES string of the molecule is CCC(O)C[N+]1(CC)CC(O)C1. The van der Waals surface area contributed by atoms with Gasteiger partial charge in [-0.1, -0.05) is 6.92 Å². The highest BCUT2D eigenvalue weighted by Crippen LogP contribution is 2.21. The quantitative estimate of drug-likeness (QED) is 0.588. The summed E-state index contributed by atoms with van der Waals surface area (Å²) in [6, 6.07) is 0. The van der Waals surface area contributed by atoms with Crippen LogP contribution in [0.5, 0.6) is 0 Å². The van der Waals surface area contributed by atoms with Crippen LogP contribution in [0, 0.1) is 0 Å². The van der Waals surface area contributed by atoms with Crippen LogP contribution in [-0.2, 0) is 0 Å². The molecule has 0 aromatic rings. The van der Waals surface area contributed by atoms with E-state index in [-0.39, 0.29) is 12.2 Å². The van der Waals surface area contributed by atoms with Gasteiger partial charge in [0, 0.05) is 0 Å². The average Bonchev–Trinajstić information content (AvgIpc) is 2.01. The number of aliphatic hydroxyl groups is 2. The summed E-state index contributed by atoms with van der Waals surface area (Å²) in [5.41, 5.74) is 0. The number of likely N-dealkylation sites (N-methyl/N-ethyl adjacent to an activating group) is 1. The maximum atomic E-state index is 9.48. The zero-order valence-electron chi connectivity index (χ0n) is 8.03. The largest absolute Gasteiger partial charge is 0.387 e. The predicted octanol–water partition coefficient (Wildman–Crippen LogP) is -0.0315. The highest BCUT2D eigenvalue weighted by atomic mass is 16.3. The molecule has 1 fully saturated rings. The Morgan fingerprint density at radius 2 is 2.00 bits per heavy atom. The summed E-state index contributed by atoms with van der Waals surface area (Å²) in [7, 11) is 0. The van der Waals surface area contributed by atoms with Crippen LogP contribution in [0.15, 0.2) is 0 Å². The molecule has 1 unspecified atom stereocenters. The van der Waals surface area contributed by atoms with Crippen molar-refractivity contribution in [2.24, 2.45) is 0 Å². The first-order valence-electron chi connectivity index (χ1n) is 4.83. The third-order valence-corrected chi connectivity index (χ3v) is 2.94. The van der Waals surface area contributed by atoms with Gasteiger partial charge in [0.25, 0.3) is 0 Å². The standard InChI is InChI=1S/C9H20NO2/c1-3-8(11)5-10(4-2)6-9(12)7-10/h8-9,11-12H,3-7H2,1-2H3/q+1. The molecule has 0 amide bonds. The fourth-order valence-electron chi connectivity index (χ4n) is 1.95. The Morgan fingerprint density at radius 3 is 2.33 bits per heavy atom. The van der Waals surface area contributed by atoms with Crippen molar-refractivity contribution in [1.82, 2.24) is 0 Å². The summed E-state index contributed by atoms with van der Waals surface area (Å²) in [4.78, 5) is 0. The Hall–Kier alpha value is -0.120. The van der Waals surface area contributed by atoms with Gasteiger partial charge in [-0.25, -0.2) is 0 Å². The minimum Gasteiger partial charge on any atom is -0.387 e. The zero-order chi connectivity index (χ0) is 9.19. The molecule has 3 nitrogen and oxygen atoms in total. The van der Waals surface area contributed by atoms with E-state index in [1.165, 1.54) is 0 Å². The van der Waals surface area contributed by atoms with Crippen LogP contribution in [0.1, 0.15) is 20.3 Å². The fourth-order valence-corrected chi connectivity index (χ4v) is 1.95. The third kappa shape index (κ3) is 1.97. The van der Waals surface area contributed by atoms with Crippen LogP contribution in [0.4, 0.5) is 0 Å². The molecule has 1 atom stereocenters. The normalized spacial score (nSPS) is 37.5. The van der Waals surface area contributed by atoms with Crippen LogP contribution in [-0.4, -0.2) is 53.1 Å². The van der Waals surface area contributed by atoms with Gasteiger partial charge in [0.05, 0.1) is 6.54 Å². The molecule has 3 heteroatoms. The first kappa shape index (κ1) is 9.96. The third-order valence-electron chi connectivity index (χ3n) is 2.94. The zero-order valence-corrected chi connectivity index (χ0v) is 8.03. The van der Waals surface area contributed by atoms with Crippen molar-refractivity contribution in [1.29, 1.82) is 0 Å². The fraction of sp³-hybridized carbons (Fsp3) is 1.00. The first-order chi connectivity index (χ1) is 5.62. The summed E-state index contributed by atoms with van der Waals surface area (Å²) >= 11 is 0. The number of nitrogens with zero attached hydrogens (tertiary/aromatic N) is 1. The maximum Gasteiger partial charge on any atom is 0.152 e. The molecule has 1 heterocycles. The van der Waals surface area contributed by atoms with E-state index < -0.39 is 0 Å². The van der Waals surface area contributed by atoms with Crippen molar-refractivity contribution in [2.75, 3.05) is 26.2 Å². The maximum absolute atomic E-state index is 9.48. The minimum atomic E-state index is -0.197. The second-order valence-electron chi connectivity index (χ2n) is 3.92. The minimum absolute atomic E-state index is 0.131. The lowest BCUT2D eigenvalue weighted by molar-refractivity contribution is -0.973. The Balaban J connectivity index is 2.36. The van der Waals surface area contributed by atoms with Gasteiger partial charge in [-0.05, 0) is 13.3 Å². The predicted molar refractivity (Wildman–Crippen MR) is 47.7 cm³/mol. The van der Waals surface area contributed by atoms with E-state index in [2.05, 4.69) is 6.92 Å². The number of hydrogen-bond acceptors (Lipinski definition) is 2. The van der Waals surface area contributed by atoms with Crippen LogP contribution in [0.25, 0.3) is 0 Å². The molecule has 0 spiro atoms. The average molecular weight is 174 g/mol. The smallest absolute Gasteiger partial charge is 0.152 e. The summed E-state index contributed by atoms with van der Waals surface area (Å²) in [6.45, 7) is 7.60. The molecule has 0 aromatic carbocycles. The highest BCUT2D eigenvalue weighted by molar-refractivity contribution is 4.68. The molecular weight excluding hydrogens is 154 g/mol. The van der Waals surface area contributed by atoms with Crippen molar-refractivity contribution >= 4 is 0 Å². The van der Waals surface area contributed by atoms with Gasteiger partial charge in [0.1, 0.15) is 25.7 Å². The van der Waals surface area contributed by atoms with Crippen molar-refractivity contribution in [3.05, 3.63) is 0 Å². The highest BCUT2D eigenvalue weighted by Gasteiger charge is 2.42. The van der Waals surface area contributed by atoms with Crippen LogP contribution >= 0.6 is 0 Å². The van der Waals surface area contributed by atoms with Gasteiger partial charge in [-0.2, -0.15) is 0 Å². The summed E-state index contributed by atoms with van der Waals surface area (Å²) in [6.07, 6.45) is 0.488. The van der Waals surface area contributed by atoms with Crippen LogP contribution in [0.3, 0.4) is 0 Å². The van der Waals surface area contributed by atoms with Gasteiger partial charge in [0.15, 0.2) is 6.10 Å². The number of hydrogen-bond donors (Lipinski definition) is 2. The van der Waals surface area contributed by atoms with Gasteiger partial charge in [0.2, 0.25) is 0 Å². The molecular formula is C9H20NO2+. The van der Waals surface area contributed by atoms with Gasteiger partial charge in [-0.3, -0.25) is 0 Å². The molecule has 0 aromatic heterocycles. The number of quaternary nitrogens is 1. The van der Waals surface area contributed by atoms with E-state index in [9.17, 15) is 10.2 Å². The monoisotopic (exact) mass is 174 g/mol. The van der Waals surface area contributed by atoms with Crippen molar-refractivity contribution in [2.45, 2.75) is 32.5 Å². The van der Waals surface area contributed by atoms with E-state index in [4.69, 9.17) is 0 Å². The van der Waals surface area contributed by atoms with E-state index >= 15 is 0 Å². The van der Waals surface area contributed by atoms with E-state index in [1.54, 1.807) is 0 Å². The number of rotatable bonds is 4. The lowest BCUT2D eigenvalue weighted by Crippen LogP contribution is -2.68. The molecule has 2 N–H and O–H groups in total. The number of likely N-dealkylation sites (tertiary alicyclic amines) is 1. The van der Waals surface area contributed by atoms with E-state index in [1.807, 2.05) is 6.92 Å². The molecule has 1 rings (SSSR count). The topological polar surface area (TPSA) is 40.5 Å². The van der Waals surface area contributed by atoms with Gasteiger partial charge in [-0.15, -0.1) is 0 Å². The lowest BCUT2D eigenvalue weighted by atomic mass is 10.0. The molecule has 0 saturated carbocycles. The van der Waals surface area contributed by atoms with Gasteiger partial charge >= 0.3 is 0 Å². The Kier molecular flexibility index (Phi) is 3.09. The molecule has 0 radical (unpaired) electrons. The Labute approximate surface area is 74.2 Å². The second-order valence-corrected chi connectivity index (χ2v) is 3.92. The van der Waals surface area contributed by atoms with Crippen LogP contribution < -0.4 is 0 Å². The van der Waals surface area contributed by atoms with E-state index in [0.717, 1.165) is 37.1 Å². The first-order valence-corrected chi connectivity index (χ1v) is 4.83. The molecule has 1 aliphatic rings. The summed E-state index contributed by atoms with van der Waals surface area (Å²) < 4.78 is 0.899. The molecule has 1 saturated heterocycles. The Bertz CT molecular complexity index is 143. The van der Waals surface area contributed by atoms with Crippen molar-refractivity contribution in [3.63, 3.8) is 0 Å². The molecule has 0 bridgehead atoms. The van der Waals surface area contributed by atoms with Crippen LogP contribution in [0.2, 0.25) is 0 Å². The molecule has 1 aliphatic heterocycles. The van der Waals surface area contributed by atoms with Gasteiger partial charge < -0.3 is 14.7 Å². The second kappa shape index (κ2) is 3.73. The van der Waals surface area contributed by atoms with Crippen molar-refractivity contribution in [3.8, 4) is 0 Å². The molecule has 72 valence electrons. The van der Waals surface area contributed by atoms with Crippen molar-refractivity contribution < 1.29 is 14.7 Å². The Morgan fingerprint density at radius 1 is 1.42 bits per heavy atom. The number of aliphatic hydroxyl groups excluding tert-OH is 2. The molecule has 12 heavy (non-hydrogen) atoms.